The maximum atomic E-state index is 13.6. The summed E-state index contributed by atoms with van der Waals surface area (Å²) in [6.45, 7) is 2.82. The molecule has 1 aromatic rings. The molecule has 1 aromatic carbocycles. The van der Waals surface area contributed by atoms with Crippen molar-refractivity contribution in [2.24, 2.45) is 11.0 Å². The molecule has 2 heterocycles. The summed E-state index contributed by atoms with van der Waals surface area (Å²) >= 11 is 0. The van der Waals surface area contributed by atoms with E-state index >= 15 is 0 Å². The zero-order chi connectivity index (χ0) is 27.2. The van der Waals surface area contributed by atoms with Crippen LogP contribution in [0.2, 0.25) is 0 Å². The fourth-order valence-electron chi connectivity index (χ4n) is 3.76. The van der Waals surface area contributed by atoms with Crippen LogP contribution in [0.4, 0.5) is 4.79 Å². The van der Waals surface area contributed by atoms with Gasteiger partial charge in [0, 0.05) is 17.9 Å². The molecule has 0 spiro atoms. The third-order valence-electron chi connectivity index (χ3n) is 5.76. The molecule has 3 amide bonds. The lowest BCUT2D eigenvalue weighted by Crippen LogP contribution is -2.57. The van der Waals surface area contributed by atoms with Crippen LogP contribution in [-0.4, -0.2) is 74.6 Å². The number of amides is 3. The quantitative estimate of drug-likeness (QED) is 0.138. The molecule has 37 heavy (non-hydrogen) atoms. The molecule has 6 atom stereocenters. The van der Waals surface area contributed by atoms with Crippen LogP contribution in [0.1, 0.15) is 20.3 Å². The highest BCUT2D eigenvalue weighted by Crippen LogP contribution is 2.46. The van der Waals surface area contributed by atoms with E-state index < -0.39 is 56.0 Å². The number of imide groups is 1. The summed E-state index contributed by atoms with van der Waals surface area (Å²) in [5, 5.41) is 8.50. The van der Waals surface area contributed by atoms with Crippen LogP contribution in [0, 0.1) is 5.92 Å². The monoisotopic (exact) mass is 540 g/mol. The van der Waals surface area contributed by atoms with Gasteiger partial charge in [-0.15, -0.1) is 0 Å². The van der Waals surface area contributed by atoms with E-state index in [1.54, 1.807) is 19.1 Å². The number of carbonyl (C=O) groups is 3. The minimum Gasteiger partial charge on any atom is -0.497 e. The normalized spacial score (nSPS) is 25.9. The summed E-state index contributed by atoms with van der Waals surface area (Å²) in [6.07, 6.45) is -1.60. The number of rotatable bonds is 11. The van der Waals surface area contributed by atoms with E-state index in [1.165, 1.54) is 38.2 Å². The number of hydrogen-bond donors (Lipinski definition) is 2. The summed E-state index contributed by atoms with van der Waals surface area (Å²) in [6, 6.07) is 3.71. The van der Waals surface area contributed by atoms with Gasteiger partial charge < -0.3 is 18.7 Å². The van der Waals surface area contributed by atoms with Gasteiger partial charge in [-0.2, -0.15) is 5.09 Å². The zero-order valence-corrected chi connectivity index (χ0v) is 21.6. The van der Waals surface area contributed by atoms with Crippen LogP contribution in [-0.2, 0) is 28.2 Å². The van der Waals surface area contributed by atoms with Gasteiger partial charge in [0.05, 0.1) is 38.9 Å². The molecule has 2 aliphatic heterocycles. The molecule has 0 aromatic heterocycles. The minimum absolute atomic E-state index is 0.114. The van der Waals surface area contributed by atoms with Crippen molar-refractivity contribution in [3.8, 4) is 11.5 Å². The van der Waals surface area contributed by atoms with Crippen molar-refractivity contribution in [2.45, 2.75) is 44.7 Å². The van der Waals surface area contributed by atoms with E-state index in [-0.39, 0.29) is 25.3 Å². The first-order valence-corrected chi connectivity index (χ1v) is 12.9. The average molecular weight is 540 g/mol. The Morgan fingerprint density at radius 1 is 1.32 bits per heavy atom. The lowest BCUT2D eigenvalue weighted by Gasteiger charge is -2.34. The largest absolute Gasteiger partial charge is 0.497 e. The fourth-order valence-corrected chi connectivity index (χ4v) is 5.26. The molecule has 2 N–H and O–H groups in total. The van der Waals surface area contributed by atoms with E-state index in [1.807, 2.05) is 0 Å². The van der Waals surface area contributed by atoms with Crippen LogP contribution in [0.25, 0.3) is 10.4 Å². The average Bonchev–Trinajstić information content (AvgIpc) is 3.27. The highest BCUT2D eigenvalue weighted by molar-refractivity contribution is 7.52. The van der Waals surface area contributed by atoms with Gasteiger partial charge in [-0.1, -0.05) is 12.0 Å². The number of azide groups is 1. The summed E-state index contributed by atoms with van der Waals surface area (Å²) in [5.74, 6) is -0.857. The van der Waals surface area contributed by atoms with Crippen LogP contribution in [0.15, 0.2) is 29.4 Å². The topological polar surface area (TPSA) is 190 Å². The van der Waals surface area contributed by atoms with Crippen LogP contribution >= 0.6 is 7.75 Å². The Kier molecular flexibility index (Phi) is 9.35. The molecule has 2 saturated heterocycles. The first-order valence-electron chi connectivity index (χ1n) is 11.3. The fraction of sp³-hybridized carbons (Fsp3) is 0.571. The second-order valence-electron chi connectivity index (χ2n) is 8.42. The molecule has 0 radical (unpaired) electrons. The second-order valence-corrected chi connectivity index (χ2v) is 10.1. The van der Waals surface area contributed by atoms with Crippen LogP contribution in [0.3, 0.4) is 0 Å². The molecule has 0 bridgehead atoms. The van der Waals surface area contributed by atoms with Crippen LogP contribution < -0.4 is 19.7 Å². The molecule has 3 unspecified atom stereocenters. The smallest absolute Gasteiger partial charge is 0.459 e. The Morgan fingerprint density at radius 2 is 2.00 bits per heavy atom. The number of nitrogens with one attached hydrogen (secondary N) is 2. The lowest BCUT2D eigenvalue weighted by molar-refractivity contribution is -0.142. The number of hydrogen-bond acceptors (Lipinski definition) is 10. The van der Waals surface area contributed by atoms with Crippen molar-refractivity contribution in [2.75, 3.05) is 27.4 Å². The summed E-state index contributed by atoms with van der Waals surface area (Å²) in [4.78, 5) is 40.2. The Bertz CT molecular complexity index is 1100. The second kappa shape index (κ2) is 12.3. The third-order valence-corrected chi connectivity index (χ3v) is 7.40. The first kappa shape index (κ1) is 28.2. The number of esters is 1. The van der Waals surface area contributed by atoms with E-state index in [0.717, 1.165) is 0 Å². The number of urea groups is 1. The molecular weight excluding hydrogens is 511 g/mol. The van der Waals surface area contributed by atoms with Crippen molar-refractivity contribution >= 4 is 25.7 Å². The van der Waals surface area contributed by atoms with Gasteiger partial charge in [0.1, 0.15) is 23.8 Å². The van der Waals surface area contributed by atoms with Gasteiger partial charge in [-0.25, -0.2) is 9.36 Å². The van der Waals surface area contributed by atoms with Gasteiger partial charge in [0.25, 0.3) is 0 Å². The number of methoxy groups -OCH3 is 2. The maximum absolute atomic E-state index is 13.6. The SMILES string of the molecule is COC(=O)C(C)NP(=O)(OC[C@H]1O[C@@H](N2CC(C)C(=O)NC2=O)C[C@@H]1N=[N+]=[N-])Oc1ccc(OC)cc1. The van der Waals surface area contributed by atoms with E-state index in [4.69, 9.17) is 24.1 Å². The standard InChI is InChI=1S/C21H29N6O9P/c1-12-10-27(21(30)23-19(12)28)18-9-16(24-26-22)17(35-18)11-34-37(31,25-13(2)20(29)33-4)36-15-7-5-14(32-3)6-8-15/h5-8,12-13,16-18H,9-11H2,1-4H3,(H,25,31)(H,23,28,30)/t12?,13?,16-,17+,18+,37?/m0/s1. The predicted molar refractivity (Wildman–Crippen MR) is 127 cm³/mol. The van der Waals surface area contributed by atoms with Crippen molar-refractivity contribution in [1.29, 1.82) is 0 Å². The number of carbonyl (C=O) groups excluding carboxylic acids is 3. The molecule has 202 valence electrons. The zero-order valence-electron chi connectivity index (χ0n) is 20.7. The summed E-state index contributed by atoms with van der Waals surface area (Å²) in [7, 11) is -1.54. The Balaban J connectivity index is 1.76. The number of ether oxygens (including phenoxy) is 3. The predicted octanol–water partition coefficient (Wildman–Crippen LogP) is 2.33. The third kappa shape index (κ3) is 7.12. The van der Waals surface area contributed by atoms with Gasteiger partial charge in [0.15, 0.2) is 0 Å². The Hall–Kier alpha value is -3.35. The minimum atomic E-state index is -4.21. The Labute approximate surface area is 212 Å². The first-order chi connectivity index (χ1) is 17.6. The van der Waals surface area contributed by atoms with Gasteiger partial charge in [-0.3, -0.25) is 24.3 Å². The molecule has 3 rings (SSSR count). The van der Waals surface area contributed by atoms with Crippen molar-refractivity contribution in [3.05, 3.63) is 34.7 Å². The maximum Gasteiger partial charge on any atom is 0.459 e. The molecule has 15 nitrogen and oxygen atoms in total. The van der Waals surface area contributed by atoms with E-state index in [9.17, 15) is 18.9 Å². The van der Waals surface area contributed by atoms with E-state index in [2.05, 4.69) is 25.2 Å². The van der Waals surface area contributed by atoms with Crippen LogP contribution in [0.5, 0.6) is 11.5 Å². The molecule has 0 aliphatic carbocycles. The molecular formula is C21H29N6O9P. The highest BCUT2D eigenvalue weighted by atomic mass is 31.2. The van der Waals surface area contributed by atoms with Gasteiger partial charge >= 0.3 is 19.7 Å². The van der Waals surface area contributed by atoms with Crippen molar-refractivity contribution < 1.29 is 42.2 Å². The van der Waals surface area contributed by atoms with E-state index in [0.29, 0.717) is 5.75 Å². The van der Waals surface area contributed by atoms with Crippen molar-refractivity contribution in [1.82, 2.24) is 15.3 Å². The number of benzene rings is 1. The summed E-state index contributed by atoms with van der Waals surface area (Å²) < 4.78 is 40.5. The van der Waals surface area contributed by atoms with Gasteiger partial charge in [-0.05, 0) is 36.7 Å². The van der Waals surface area contributed by atoms with Gasteiger partial charge in [0.2, 0.25) is 5.91 Å². The number of nitrogens with zero attached hydrogens (tertiary/aromatic N) is 4. The Morgan fingerprint density at radius 3 is 2.62 bits per heavy atom. The molecule has 0 saturated carbocycles. The molecule has 2 fully saturated rings. The molecule has 2 aliphatic rings. The van der Waals surface area contributed by atoms with Crippen molar-refractivity contribution in [3.63, 3.8) is 0 Å². The lowest BCUT2D eigenvalue weighted by atomic mass is 10.1. The highest BCUT2D eigenvalue weighted by Gasteiger charge is 2.44. The molecule has 16 heteroatoms. The summed E-state index contributed by atoms with van der Waals surface area (Å²) in [5.41, 5.74) is 9.01.